The number of carbonyl (C=O) groups is 1. The first-order chi connectivity index (χ1) is 9.70. The SMILES string of the molecule is CCOC(=O)c1cc(N)cnc1NC1CCCCCC1. The summed E-state index contributed by atoms with van der Waals surface area (Å²) < 4.78 is 5.06. The molecular formula is C15H23N3O2. The molecular weight excluding hydrogens is 254 g/mol. The molecule has 0 radical (unpaired) electrons. The largest absolute Gasteiger partial charge is 0.462 e. The number of hydrogen-bond donors (Lipinski definition) is 2. The average Bonchev–Trinajstić information content (AvgIpc) is 2.69. The zero-order valence-corrected chi connectivity index (χ0v) is 12.0. The van der Waals surface area contributed by atoms with Crippen LogP contribution in [0.5, 0.6) is 0 Å². The highest BCUT2D eigenvalue weighted by Gasteiger charge is 2.18. The van der Waals surface area contributed by atoms with Crippen LogP contribution in [0.3, 0.4) is 0 Å². The van der Waals surface area contributed by atoms with E-state index in [-0.39, 0.29) is 5.97 Å². The van der Waals surface area contributed by atoms with E-state index in [9.17, 15) is 4.79 Å². The fourth-order valence-corrected chi connectivity index (χ4v) is 2.58. The van der Waals surface area contributed by atoms with Crippen LogP contribution in [0.25, 0.3) is 0 Å². The molecule has 1 saturated carbocycles. The number of nitrogens with one attached hydrogen (secondary N) is 1. The number of nitrogens with zero attached hydrogens (tertiary/aromatic N) is 1. The zero-order valence-electron chi connectivity index (χ0n) is 12.0. The van der Waals surface area contributed by atoms with Crippen LogP contribution >= 0.6 is 0 Å². The van der Waals surface area contributed by atoms with E-state index in [2.05, 4.69) is 10.3 Å². The van der Waals surface area contributed by atoms with Crippen molar-refractivity contribution in [3.63, 3.8) is 0 Å². The van der Waals surface area contributed by atoms with Crippen LogP contribution in [-0.4, -0.2) is 23.6 Å². The lowest BCUT2D eigenvalue weighted by Crippen LogP contribution is -2.21. The Bertz CT molecular complexity index is 454. The molecule has 0 saturated heterocycles. The van der Waals surface area contributed by atoms with Gasteiger partial charge in [0.2, 0.25) is 0 Å². The van der Waals surface area contributed by atoms with Crippen molar-refractivity contribution in [3.8, 4) is 0 Å². The van der Waals surface area contributed by atoms with Gasteiger partial charge >= 0.3 is 5.97 Å². The first kappa shape index (κ1) is 14.6. The predicted molar refractivity (Wildman–Crippen MR) is 79.7 cm³/mol. The van der Waals surface area contributed by atoms with E-state index >= 15 is 0 Å². The molecule has 5 heteroatoms. The van der Waals surface area contributed by atoms with Crippen molar-refractivity contribution in [2.45, 2.75) is 51.5 Å². The van der Waals surface area contributed by atoms with Gasteiger partial charge in [-0.15, -0.1) is 0 Å². The first-order valence-electron chi connectivity index (χ1n) is 7.40. The highest BCUT2D eigenvalue weighted by atomic mass is 16.5. The number of carbonyl (C=O) groups excluding carboxylic acids is 1. The maximum Gasteiger partial charge on any atom is 0.341 e. The molecule has 20 heavy (non-hydrogen) atoms. The first-order valence-corrected chi connectivity index (χ1v) is 7.40. The van der Waals surface area contributed by atoms with Crippen LogP contribution in [0.1, 0.15) is 55.8 Å². The maximum atomic E-state index is 12.0. The van der Waals surface area contributed by atoms with Crippen molar-refractivity contribution in [3.05, 3.63) is 17.8 Å². The third-order valence-corrected chi connectivity index (χ3v) is 3.60. The van der Waals surface area contributed by atoms with Gasteiger partial charge in [-0.1, -0.05) is 25.7 Å². The predicted octanol–water partition coefficient (Wildman–Crippen LogP) is 2.98. The molecule has 0 bridgehead atoms. The highest BCUT2D eigenvalue weighted by Crippen LogP contribution is 2.23. The summed E-state index contributed by atoms with van der Waals surface area (Å²) in [6.45, 7) is 2.13. The Balaban J connectivity index is 2.15. The van der Waals surface area contributed by atoms with Crippen LogP contribution in [0, 0.1) is 0 Å². The number of esters is 1. The summed E-state index contributed by atoms with van der Waals surface area (Å²) in [6.07, 6.45) is 8.84. The van der Waals surface area contributed by atoms with Gasteiger partial charge < -0.3 is 15.8 Å². The number of ether oxygens (including phenoxy) is 1. The molecule has 1 fully saturated rings. The summed E-state index contributed by atoms with van der Waals surface area (Å²) in [5, 5.41) is 3.39. The lowest BCUT2D eigenvalue weighted by atomic mass is 10.1. The maximum absolute atomic E-state index is 12.0. The highest BCUT2D eigenvalue weighted by molar-refractivity contribution is 5.95. The lowest BCUT2D eigenvalue weighted by Gasteiger charge is -2.18. The number of nitrogens with two attached hydrogens (primary N) is 1. The molecule has 1 aliphatic carbocycles. The van der Waals surface area contributed by atoms with Crippen LogP contribution in [0.2, 0.25) is 0 Å². The fraction of sp³-hybridized carbons (Fsp3) is 0.600. The van der Waals surface area contributed by atoms with E-state index in [0.29, 0.717) is 29.7 Å². The van der Waals surface area contributed by atoms with Gasteiger partial charge in [-0.2, -0.15) is 0 Å². The van der Waals surface area contributed by atoms with E-state index in [0.717, 1.165) is 12.8 Å². The normalized spacial score (nSPS) is 16.4. The molecule has 110 valence electrons. The monoisotopic (exact) mass is 277 g/mol. The summed E-state index contributed by atoms with van der Waals surface area (Å²) in [4.78, 5) is 16.2. The molecule has 0 unspecified atom stereocenters. The van der Waals surface area contributed by atoms with Crippen LogP contribution in [0.15, 0.2) is 12.3 Å². The number of nitrogen functional groups attached to an aromatic ring is 1. The number of anilines is 2. The quantitative estimate of drug-likeness (QED) is 0.653. The van der Waals surface area contributed by atoms with Gasteiger partial charge in [0.15, 0.2) is 0 Å². The van der Waals surface area contributed by atoms with Gasteiger partial charge in [-0.05, 0) is 25.8 Å². The minimum atomic E-state index is -0.372. The van der Waals surface area contributed by atoms with Gasteiger partial charge in [0.05, 0.1) is 18.5 Å². The molecule has 2 rings (SSSR count). The van der Waals surface area contributed by atoms with E-state index in [1.807, 2.05) is 0 Å². The Morgan fingerprint density at radius 3 is 2.75 bits per heavy atom. The number of aromatic nitrogens is 1. The standard InChI is InChI=1S/C15H23N3O2/c1-2-20-15(19)13-9-11(16)10-17-14(13)18-12-7-5-3-4-6-8-12/h9-10,12H,2-8,16H2,1H3,(H,17,18). The molecule has 1 aromatic rings. The summed E-state index contributed by atoms with van der Waals surface area (Å²) in [5.74, 6) is 0.216. The van der Waals surface area contributed by atoms with Crippen molar-refractivity contribution < 1.29 is 9.53 Å². The van der Waals surface area contributed by atoms with E-state index in [1.54, 1.807) is 19.2 Å². The molecule has 1 heterocycles. The van der Waals surface area contributed by atoms with E-state index in [1.165, 1.54) is 25.7 Å². The molecule has 0 aromatic carbocycles. The van der Waals surface area contributed by atoms with Gasteiger partial charge in [-0.25, -0.2) is 9.78 Å². The summed E-state index contributed by atoms with van der Waals surface area (Å²) in [7, 11) is 0. The molecule has 3 N–H and O–H groups in total. The second-order valence-electron chi connectivity index (χ2n) is 5.22. The lowest BCUT2D eigenvalue weighted by molar-refractivity contribution is 0.0527. The summed E-state index contributed by atoms with van der Waals surface area (Å²) in [6, 6.07) is 2.01. The van der Waals surface area contributed by atoms with E-state index in [4.69, 9.17) is 10.5 Å². The summed E-state index contributed by atoms with van der Waals surface area (Å²) in [5.41, 5.74) is 6.62. The molecule has 0 aliphatic heterocycles. The fourth-order valence-electron chi connectivity index (χ4n) is 2.58. The third kappa shape index (κ3) is 3.85. The molecule has 0 amide bonds. The second-order valence-corrected chi connectivity index (χ2v) is 5.22. The van der Waals surface area contributed by atoms with Crippen molar-refractivity contribution >= 4 is 17.5 Å². The molecule has 0 atom stereocenters. The number of hydrogen-bond acceptors (Lipinski definition) is 5. The minimum Gasteiger partial charge on any atom is -0.462 e. The Labute approximate surface area is 119 Å². The Hall–Kier alpha value is -1.78. The smallest absolute Gasteiger partial charge is 0.341 e. The molecule has 5 nitrogen and oxygen atoms in total. The molecule has 1 aliphatic rings. The topological polar surface area (TPSA) is 77.2 Å². The van der Waals surface area contributed by atoms with Crippen molar-refractivity contribution in [1.29, 1.82) is 0 Å². The minimum absolute atomic E-state index is 0.344. The zero-order chi connectivity index (χ0) is 14.4. The van der Waals surface area contributed by atoms with Crippen molar-refractivity contribution in [2.24, 2.45) is 0 Å². The van der Waals surface area contributed by atoms with Gasteiger partial charge in [0.1, 0.15) is 11.4 Å². The van der Waals surface area contributed by atoms with Gasteiger partial charge in [0.25, 0.3) is 0 Å². The molecule has 1 aromatic heterocycles. The van der Waals surface area contributed by atoms with Gasteiger partial charge in [-0.3, -0.25) is 0 Å². The van der Waals surface area contributed by atoms with Crippen LogP contribution in [0.4, 0.5) is 11.5 Å². The molecule has 0 spiro atoms. The van der Waals surface area contributed by atoms with E-state index < -0.39 is 0 Å². The van der Waals surface area contributed by atoms with Gasteiger partial charge in [0, 0.05) is 6.04 Å². The van der Waals surface area contributed by atoms with Crippen molar-refractivity contribution in [1.82, 2.24) is 4.98 Å². The average molecular weight is 277 g/mol. The van der Waals surface area contributed by atoms with Crippen LogP contribution < -0.4 is 11.1 Å². The Morgan fingerprint density at radius 2 is 2.10 bits per heavy atom. The Morgan fingerprint density at radius 1 is 1.40 bits per heavy atom. The number of rotatable bonds is 4. The number of pyridine rings is 1. The van der Waals surface area contributed by atoms with Crippen LogP contribution in [-0.2, 0) is 4.74 Å². The second kappa shape index (κ2) is 7.12. The third-order valence-electron chi connectivity index (χ3n) is 3.60. The summed E-state index contributed by atoms with van der Waals surface area (Å²) >= 11 is 0. The Kier molecular flexibility index (Phi) is 5.21. The van der Waals surface area contributed by atoms with Crippen molar-refractivity contribution in [2.75, 3.05) is 17.7 Å².